The van der Waals surface area contributed by atoms with Crippen molar-refractivity contribution in [2.24, 2.45) is 5.92 Å². The highest BCUT2D eigenvalue weighted by Crippen LogP contribution is 2.20. The predicted octanol–water partition coefficient (Wildman–Crippen LogP) is 1.82. The molecule has 2 heterocycles. The molecule has 1 atom stereocenters. The van der Waals surface area contributed by atoms with E-state index in [1.807, 2.05) is 12.1 Å². The Hall–Kier alpha value is -3.07. The summed E-state index contributed by atoms with van der Waals surface area (Å²) in [5, 5.41) is 11.7. The minimum atomic E-state index is -0.355. The Labute approximate surface area is 139 Å². The lowest BCUT2D eigenvalue weighted by Gasteiger charge is -2.15. The molecule has 122 valence electrons. The van der Waals surface area contributed by atoms with E-state index in [1.54, 1.807) is 35.4 Å². The molecule has 1 aromatic carbocycles. The molecule has 1 unspecified atom stereocenters. The van der Waals surface area contributed by atoms with Gasteiger partial charge in [-0.05, 0) is 29.8 Å². The fourth-order valence-corrected chi connectivity index (χ4v) is 2.78. The molecule has 2 amide bonds. The SMILES string of the molecule is N#Cc1cccc(CNC(=O)C2CC(=O)N(Cc3ccco3)C2)c1. The molecule has 1 aliphatic rings. The number of carbonyl (C=O) groups excluding carboxylic acids is 2. The van der Waals surface area contributed by atoms with Gasteiger partial charge < -0.3 is 14.6 Å². The number of nitriles is 1. The third kappa shape index (κ3) is 3.63. The van der Waals surface area contributed by atoms with Crippen molar-refractivity contribution < 1.29 is 14.0 Å². The van der Waals surface area contributed by atoms with Crippen molar-refractivity contribution in [3.8, 4) is 6.07 Å². The minimum Gasteiger partial charge on any atom is -0.467 e. The predicted molar refractivity (Wildman–Crippen MR) is 85.2 cm³/mol. The first-order chi connectivity index (χ1) is 11.7. The monoisotopic (exact) mass is 323 g/mol. The molecule has 0 aliphatic carbocycles. The average Bonchev–Trinajstić information content (AvgIpc) is 3.23. The molecule has 0 bridgehead atoms. The largest absolute Gasteiger partial charge is 0.467 e. The summed E-state index contributed by atoms with van der Waals surface area (Å²) in [6, 6.07) is 12.7. The Balaban J connectivity index is 1.54. The lowest BCUT2D eigenvalue weighted by Crippen LogP contribution is -2.32. The highest BCUT2D eigenvalue weighted by Gasteiger charge is 2.34. The Morgan fingerprint density at radius 3 is 3.00 bits per heavy atom. The second-order valence-corrected chi connectivity index (χ2v) is 5.78. The van der Waals surface area contributed by atoms with Crippen molar-refractivity contribution in [3.63, 3.8) is 0 Å². The number of furan rings is 1. The van der Waals surface area contributed by atoms with E-state index in [0.29, 0.717) is 31.0 Å². The molecular formula is C18H17N3O3. The van der Waals surface area contributed by atoms with Gasteiger partial charge in [-0.1, -0.05) is 12.1 Å². The van der Waals surface area contributed by atoms with Gasteiger partial charge in [0.25, 0.3) is 0 Å². The fraction of sp³-hybridized carbons (Fsp3) is 0.278. The molecule has 3 rings (SSSR count). The van der Waals surface area contributed by atoms with E-state index in [0.717, 1.165) is 5.56 Å². The first kappa shape index (κ1) is 15.8. The second kappa shape index (κ2) is 7.01. The van der Waals surface area contributed by atoms with Gasteiger partial charge in [0.1, 0.15) is 5.76 Å². The Kier molecular flexibility index (Phi) is 4.62. The standard InChI is InChI=1S/C18H17N3O3/c19-9-13-3-1-4-14(7-13)10-20-18(23)15-8-17(22)21(11-15)12-16-5-2-6-24-16/h1-7,15H,8,10-12H2,(H,20,23). The zero-order valence-electron chi connectivity index (χ0n) is 13.1. The van der Waals surface area contributed by atoms with E-state index >= 15 is 0 Å². The Morgan fingerprint density at radius 2 is 2.25 bits per heavy atom. The Bertz CT molecular complexity index is 777. The van der Waals surface area contributed by atoms with Crippen LogP contribution < -0.4 is 5.32 Å². The van der Waals surface area contributed by atoms with Crippen LogP contribution in [0.4, 0.5) is 0 Å². The third-order valence-corrected chi connectivity index (χ3v) is 4.03. The van der Waals surface area contributed by atoms with Gasteiger partial charge >= 0.3 is 0 Å². The van der Waals surface area contributed by atoms with E-state index in [4.69, 9.17) is 9.68 Å². The van der Waals surface area contributed by atoms with Crippen molar-refractivity contribution in [1.82, 2.24) is 10.2 Å². The highest BCUT2D eigenvalue weighted by molar-refractivity contribution is 5.89. The number of benzene rings is 1. The van der Waals surface area contributed by atoms with Crippen LogP contribution in [0.1, 0.15) is 23.3 Å². The van der Waals surface area contributed by atoms with Crippen molar-refractivity contribution in [2.45, 2.75) is 19.5 Å². The highest BCUT2D eigenvalue weighted by atomic mass is 16.3. The summed E-state index contributed by atoms with van der Waals surface area (Å²) >= 11 is 0. The first-order valence-electron chi connectivity index (χ1n) is 7.72. The molecule has 24 heavy (non-hydrogen) atoms. The maximum Gasteiger partial charge on any atom is 0.225 e. The van der Waals surface area contributed by atoms with Crippen molar-refractivity contribution >= 4 is 11.8 Å². The zero-order chi connectivity index (χ0) is 16.9. The van der Waals surface area contributed by atoms with Crippen LogP contribution in [-0.2, 0) is 22.7 Å². The molecule has 0 saturated carbocycles. The van der Waals surface area contributed by atoms with Crippen LogP contribution in [0.25, 0.3) is 0 Å². The number of rotatable bonds is 5. The van der Waals surface area contributed by atoms with Crippen LogP contribution in [-0.4, -0.2) is 23.3 Å². The van der Waals surface area contributed by atoms with Gasteiger partial charge in [-0.3, -0.25) is 9.59 Å². The number of carbonyl (C=O) groups is 2. The number of hydrogen-bond donors (Lipinski definition) is 1. The number of amides is 2. The summed E-state index contributed by atoms with van der Waals surface area (Å²) in [6.07, 6.45) is 1.78. The van der Waals surface area contributed by atoms with Crippen LogP contribution in [0.2, 0.25) is 0 Å². The van der Waals surface area contributed by atoms with Gasteiger partial charge in [-0.25, -0.2) is 0 Å². The van der Waals surface area contributed by atoms with Crippen LogP contribution in [0.15, 0.2) is 47.1 Å². The summed E-state index contributed by atoms with van der Waals surface area (Å²) < 4.78 is 5.25. The molecule has 1 N–H and O–H groups in total. The molecule has 6 nitrogen and oxygen atoms in total. The summed E-state index contributed by atoms with van der Waals surface area (Å²) in [5.74, 6) is 0.162. The summed E-state index contributed by atoms with van der Waals surface area (Å²) in [6.45, 7) is 1.13. The Morgan fingerprint density at radius 1 is 1.38 bits per heavy atom. The van der Waals surface area contributed by atoms with E-state index in [1.165, 1.54) is 0 Å². The minimum absolute atomic E-state index is 0.0435. The molecular weight excluding hydrogens is 306 g/mol. The molecule has 2 aromatic rings. The maximum absolute atomic E-state index is 12.3. The van der Waals surface area contributed by atoms with E-state index in [9.17, 15) is 9.59 Å². The fourth-order valence-electron chi connectivity index (χ4n) is 2.78. The summed E-state index contributed by atoms with van der Waals surface area (Å²) in [4.78, 5) is 26.0. The first-order valence-corrected chi connectivity index (χ1v) is 7.72. The second-order valence-electron chi connectivity index (χ2n) is 5.78. The quantitative estimate of drug-likeness (QED) is 0.909. The van der Waals surface area contributed by atoms with E-state index in [2.05, 4.69) is 11.4 Å². The van der Waals surface area contributed by atoms with Crippen molar-refractivity contribution in [1.29, 1.82) is 5.26 Å². The molecule has 1 aliphatic heterocycles. The number of nitrogens with one attached hydrogen (secondary N) is 1. The lowest BCUT2D eigenvalue weighted by molar-refractivity contribution is -0.129. The van der Waals surface area contributed by atoms with Gasteiger partial charge in [-0.15, -0.1) is 0 Å². The summed E-state index contributed by atoms with van der Waals surface area (Å²) in [7, 11) is 0. The van der Waals surface area contributed by atoms with E-state index in [-0.39, 0.29) is 24.2 Å². The van der Waals surface area contributed by atoms with Crippen LogP contribution >= 0.6 is 0 Å². The number of nitrogens with zero attached hydrogens (tertiary/aromatic N) is 2. The maximum atomic E-state index is 12.3. The molecule has 1 fully saturated rings. The molecule has 0 spiro atoms. The van der Waals surface area contributed by atoms with Crippen molar-refractivity contribution in [3.05, 3.63) is 59.5 Å². The smallest absolute Gasteiger partial charge is 0.225 e. The number of likely N-dealkylation sites (tertiary alicyclic amines) is 1. The summed E-state index contributed by atoms with van der Waals surface area (Å²) in [5.41, 5.74) is 1.42. The van der Waals surface area contributed by atoms with Crippen LogP contribution in [0.5, 0.6) is 0 Å². The van der Waals surface area contributed by atoms with Crippen LogP contribution in [0, 0.1) is 17.2 Å². The topological polar surface area (TPSA) is 86.3 Å². The van der Waals surface area contributed by atoms with Gasteiger partial charge in [0.05, 0.1) is 30.4 Å². The van der Waals surface area contributed by atoms with Gasteiger partial charge in [0, 0.05) is 19.5 Å². The zero-order valence-corrected chi connectivity index (χ0v) is 13.1. The molecule has 1 saturated heterocycles. The van der Waals surface area contributed by atoms with Crippen LogP contribution in [0.3, 0.4) is 0 Å². The van der Waals surface area contributed by atoms with Gasteiger partial charge in [-0.2, -0.15) is 5.26 Å². The molecule has 6 heteroatoms. The third-order valence-electron chi connectivity index (χ3n) is 4.03. The van der Waals surface area contributed by atoms with E-state index < -0.39 is 0 Å². The average molecular weight is 323 g/mol. The van der Waals surface area contributed by atoms with Gasteiger partial charge in [0.2, 0.25) is 11.8 Å². The molecule has 1 aromatic heterocycles. The van der Waals surface area contributed by atoms with Gasteiger partial charge in [0.15, 0.2) is 0 Å². The number of hydrogen-bond acceptors (Lipinski definition) is 4. The van der Waals surface area contributed by atoms with Crippen molar-refractivity contribution in [2.75, 3.05) is 6.54 Å². The lowest BCUT2D eigenvalue weighted by atomic mass is 10.1. The normalized spacial score (nSPS) is 16.9. The molecule has 0 radical (unpaired) electrons.